The lowest BCUT2D eigenvalue weighted by atomic mass is 9.93. The number of carbonyl (C=O) groups excluding carboxylic acids is 1. The Balaban J connectivity index is 1.89. The van der Waals surface area contributed by atoms with Crippen LogP contribution in [0, 0.1) is 0 Å². The highest BCUT2D eigenvalue weighted by atomic mass is 19.4. The minimum absolute atomic E-state index is 0.0200. The van der Waals surface area contributed by atoms with Gasteiger partial charge in [-0.15, -0.1) is 0 Å². The summed E-state index contributed by atoms with van der Waals surface area (Å²) in [6.07, 6.45) is -0.670. The van der Waals surface area contributed by atoms with Gasteiger partial charge in [-0.1, -0.05) is 54.6 Å². The third-order valence-electron chi connectivity index (χ3n) is 4.68. The van der Waals surface area contributed by atoms with E-state index >= 15 is 0 Å². The molecule has 0 atom stereocenters. The zero-order valence-corrected chi connectivity index (χ0v) is 14.5. The third-order valence-corrected chi connectivity index (χ3v) is 4.68. The highest BCUT2D eigenvalue weighted by Gasteiger charge is 2.40. The predicted octanol–water partition coefficient (Wildman–Crippen LogP) is 4.63. The number of rotatable bonds is 3. The topological polar surface area (TPSA) is 20.3 Å². The van der Waals surface area contributed by atoms with Crippen molar-refractivity contribution in [3.63, 3.8) is 0 Å². The van der Waals surface area contributed by atoms with Crippen molar-refractivity contribution in [2.45, 2.75) is 25.4 Å². The Labute approximate surface area is 150 Å². The van der Waals surface area contributed by atoms with E-state index in [0.29, 0.717) is 6.42 Å². The minimum Gasteiger partial charge on any atom is -0.338 e. The average molecular weight is 359 g/mol. The molecule has 1 aliphatic rings. The van der Waals surface area contributed by atoms with E-state index in [4.69, 9.17) is 0 Å². The number of carbonyl (C=O) groups is 1. The summed E-state index contributed by atoms with van der Waals surface area (Å²) >= 11 is 0. The lowest BCUT2D eigenvalue weighted by Crippen LogP contribution is -2.38. The molecule has 0 bridgehead atoms. The third kappa shape index (κ3) is 3.82. The summed E-state index contributed by atoms with van der Waals surface area (Å²) in [4.78, 5) is 12.0. The summed E-state index contributed by atoms with van der Waals surface area (Å²) in [6, 6.07) is 16.2. The van der Waals surface area contributed by atoms with Crippen LogP contribution in [0.1, 0.15) is 28.7 Å². The molecule has 0 N–H and O–H groups in total. The molecule has 1 amide bonds. The van der Waals surface area contributed by atoms with E-state index in [-0.39, 0.29) is 6.54 Å². The van der Waals surface area contributed by atoms with E-state index in [9.17, 15) is 18.0 Å². The first-order valence-electron chi connectivity index (χ1n) is 8.57. The Morgan fingerprint density at radius 3 is 2.00 bits per heavy atom. The molecule has 1 aliphatic carbocycles. The van der Waals surface area contributed by atoms with E-state index < -0.39 is 12.1 Å². The van der Waals surface area contributed by atoms with Crippen LogP contribution in [0.15, 0.2) is 54.6 Å². The second-order valence-electron chi connectivity index (χ2n) is 6.45. The van der Waals surface area contributed by atoms with Gasteiger partial charge in [-0.05, 0) is 47.1 Å². The van der Waals surface area contributed by atoms with Crippen LogP contribution in [0.3, 0.4) is 0 Å². The van der Waals surface area contributed by atoms with Crippen LogP contribution >= 0.6 is 0 Å². The van der Waals surface area contributed by atoms with Gasteiger partial charge < -0.3 is 4.90 Å². The van der Waals surface area contributed by atoms with Gasteiger partial charge in [0.1, 0.15) is 0 Å². The van der Waals surface area contributed by atoms with Crippen molar-refractivity contribution >= 4 is 11.5 Å². The molecule has 0 aliphatic heterocycles. The Kier molecular flexibility index (Phi) is 5.16. The van der Waals surface area contributed by atoms with Gasteiger partial charge in [-0.2, -0.15) is 13.2 Å². The standard InChI is InChI=1S/C21H20F3NO/c1-25(20(26)21(22,23)24)14-6-11-19-17-9-4-2-7-15(17)12-13-16-8-3-5-10-18(16)19/h2-5,7-11H,6,12-14H2,1H3. The SMILES string of the molecule is CN(CCC=C1c2ccccc2CCc2ccccc21)C(=O)C(F)(F)F. The highest BCUT2D eigenvalue weighted by Crippen LogP contribution is 2.33. The van der Waals surface area contributed by atoms with Crippen LogP contribution in [0.25, 0.3) is 5.57 Å². The Bertz CT molecular complexity index is 790. The second-order valence-corrected chi connectivity index (χ2v) is 6.45. The monoisotopic (exact) mass is 359 g/mol. The van der Waals surface area contributed by atoms with E-state index in [0.717, 1.165) is 34.4 Å². The normalized spacial score (nSPS) is 13.5. The molecule has 0 radical (unpaired) electrons. The molecule has 0 saturated heterocycles. The number of benzene rings is 2. The fourth-order valence-electron chi connectivity index (χ4n) is 3.36. The van der Waals surface area contributed by atoms with Crippen LogP contribution in [0.5, 0.6) is 0 Å². The van der Waals surface area contributed by atoms with Crippen LogP contribution in [0.4, 0.5) is 13.2 Å². The number of aryl methyl sites for hydroxylation is 2. The number of hydrogen-bond donors (Lipinski definition) is 0. The molecule has 0 fully saturated rings. The van der Waals surface area contributed by atoms with Crippen molar-refractivity contribution in [1.29, 1.82) is 0 Å². The van der Waals surface area contributed by atoms with Crippen molar-refractivity contribution in [2.75, 3.05) is 13.6 Å². The van der Waals surface area contributed by atoms with Gasteiger partial charge >= 0.3 is 12.1 Å². The van der Waals surface area contributed by atoms with Crippen LogP contribution < -0.4 is 0 Å². The predicted molar refractivity (Wildman–Crippen MR) is 95.7 cm³/mol. The maximum atomic E-state index is 12.5. The maximum Gasteiger partial charge on any atom is 0.471 e. The lowest BCUT2D eigenvalue weighted by Gasteiger charge is -2.18. The first-order chi connectivity index (χ1) is 12.4. The van der Waals surface area contributed by atoms with Crippen LogP contribution in [0.2, 0.25) is 0 Å². The highest BCUT2D eigenvalue weighted by molar-refractivity contribution is 5.84. The van der Waals surface area contributed by atoms with Gasteiger partial charge in [-0.25, -0.2) is 0 Å². The Morgan fingerprint density at radius 1 is 1.00 bits per heavy atom. The van der Waals surface area contributed by atoms with Gasteiger partial charge in [0.15, 0.2) is 0 Å². The molecule has 5 heteroatoms. The Hall–Kier alpha value is -2.56. The molecule has 26 heavy (non-hydrogen) atoms. The van der Waals surface area contributed by atoms with Crippen molar-refractivity contribution in [1.82, 2.24) is 4.90 Å². The van der Waals surface area contributed by atoms with Gasteiger partial charge in [0.05, 0.1) is 0 Å². The van der Waals surface area contributed by atoms with E-state index in [1.165, 1.54) is 18.2 Å². The number of hydrogen-bond acceptors (Lipinski definition) is 1. The smallest absolute Gasteiger partial charge is 0.338 e. The second kappa shape index (κ2) is 7.36. The lowest BCUT2D eigenvalue weighted by molar-refractivity contribution is -0.183. The number of halogens is 3. The molecular formula is C21H20F3NO. The summed E-state index contributed by atoms with van der Waals surface area (Å²) in [6.45, 7) is 0.0200. The molecular weight excluding hydrogens is 339 g/mol. The quantitative estimate of drug-likeness (QED) is 0.783. The largest absolute Gasteiger partial charge is 0.471 e. The molecule has 0 spiro atoms. The molecule has 0 saturated carbocycles. The van der Waals surface area contributed by atoms with Gasteiger partial charge in [0, 0.05) is 13.6 Å². The summed E-state index contributed by atoms with van der Waals surface area (Å²) in [5.74, 6) is -1.81. The van der Waals surface area contributed by atoms with Crippen molar-refractivity contribution in [2.24, 2.45) is 0 Å². The molecule has 0 heterocycles. The van der Waals surface area contributed by atoms with Crippen molar-refractivity contribution < 1.29 is 18.0 Å². The number of fused-ring (bicyclic) bond motifs is 2. The zero-order chi connectivity index (χ0) is 18.7. The minimum atomic E-state index is -4.83. The fraction of sp³-hybridized carbons (Fsp3) is 0.286. The van der Waals surface area contributed by atoms with Crippen molar-refractivity contribution in [3.8, 4) is 0 Å². The van der Waals surface area contributed by atoms with E-state index in [1.54, 1.807) is 0 Å². The average Bonchev–Trinajstić information content (AvgIpc) is 2.78. The molecule has 2 nitrogen and oxygen atoms in total. The maximum absolute atomic E-state index is 12.5. The number of nitrogens with zero attached hydrogens (tertiary/aromatic N) is 1. The molecule has 2 aromatic carbocycles. The van der Waals surface area contributed by atoms with Crippen molar-refractivity contribution in [3.05, 3.63) is 76.9 Å². The van der Waals surface area contributed by atoms with Gasteiger partial charge in [0.2, 0.25) is 0 Å². The zero-order valence-electron chi connectivity index (χ0n) is 14.5. The van der Waals surface area contributed by atoms with Crippen LogP contribution in [-0.2, 0) is 17.6 Å². The molecule has 0 unspecified atom stereocenters. The summed E-state index contributed by atoms with van der Waals surface area (Å²) in [5, 5.41) is 0. The van der Waals surface area contributed by atoms with Crippen LogP contribution in [-0.4, -0.2) is 30.6 Å². The van der Waals surface area contributed by atoms with Gasteiger partial charge in [-0.3, -0.25) is 4.79 Å². The Morgan fingerprint density at radius 2 is 1.50 bits per heavy atom. The first-order valence-corrected chi connectivity index (χ1v) is 8.57. The summed E-state index contributed by atoms with van der Waals surface area (Å²) < 4.78 is 37.6. The molecule has 3 rings (SSSR count). The molecule has 0 aromatic heterocycles. The summed E-state index contributed by atoms with van der Waals surface area (Å²) in [5.41, 5.74) is 5.72. The van der Waals surface area contributed by atoms with E-state index in [2.05, 4.69) is 12.1 Å². The molecule has 2 aromatic rings. The number of amides is 1. The fourth-order valence-corrected chi connectivity index (χ4v) is 3.36. The summed E-state index contributed by atoms with van der Waals surface area (Å²) in [7, 11) is 1.18. The molecule has 136 valence electrons. The van der Waals surface area contributed by atoms with E-state index in [1.807, 2.05) is 42.5 Å². The number of alkyl halides is 3. The first kappa shape index (κ1) is 18.2. The van der Waals surface area contributed by atoms with Gasteiger partial charge in [0.25, 0.3) is 0 Å².